The van der Waals surface area contributed by atoms with Crippen molar-refractivity contribution < 1.29 is 19.4 Å². The molecule has 1 saturated carbocycles. The number of hydrogen-bond donors (Lipinski definition) is 2. The number of carboxylic acids is 1. The quantitative estimate of drug-likeness (QED) is 0.395. The number of rotatable bonds is 9. The molecule has 2 N–H and O–H groups in total. The van der Waals surface area contributed by atoms with Crippen LogP contribution in [0.3, 0.4) is 0 Å². The van der Waals surface area contributed by atoms with Gasteiger partial charge in [-0.3, -0.25) is 14.2 Å². The maximum absolute atomic E-state index is 13.8. The first-order chi connectivity index (χ1) is 20.5. The molecule has 5 aliphatic rings. The van der Waals surface area contributed by atoms with Crippen LogP contribution in [0.2, 0.25) is 0 Å². The van der Waals surface area contributed by atoms with Crippen molar-refractivity contribution in [2.75, 3.05) is 39.2 Å². The van der Waals surface area contributed by atoms with Crippen molar-refractivity contribution >= 4 is 29.3 Å². The first kappa shape index (κ1) is 31.8. The molecule has 11 heteroatoms. The summed E-state index contributed by atoms with van der Waals surface area (Å²) in [5, 5.41) is 13.8. The van der Waals surface area contributed by atoms with Crippen LogP contribution in [-0.4, -0.2) is 99.5 Å². The van der Waals surface area contributed by atoms with Crippen LogP contribution in [0, 0.1) is 30.1 Å². The summed E-state index contributed by atoms with van der Waals surface area (Å²) in [7, 11) is 2.18. The van der Waals surface area contributed by atoms with Crippen LogP contribution in [0.5, 0.6) is 0 Å². The van der Waals surface area contributed by atoms with Crippen LogP contribution in [0.15, 0.2) is 4.79 Å². The van der Waals surface area contributed by atoms with Gasteiger partial charge in [-0.25, -0.2) is 4.98 Å². The second kappa shape index (κ2) is 12.9. The van der Waals surface area contributed by atoms with Crippen LogP contribution in [0.25, 0.3) is 0 Å². The monoisotopic (exact) mass is 636 g/mol. The molecular weight excluding hydrogens is 588 g/mol. The number of nitrogens with one attached hydrogen (secondary N) is 1. The van der Waals surface area contributed by atoms with Crippen LogP contribution in [-0.2, 0) is 33.7 Å². The van der Waals surface area contributed by atoms with Crippen molar-refractivity contribution in [1.82, 2.24) is 19.8 Å². The van der Waals surface area contributed by atoms with Gasteiger partial charge in [-0.15, -0.1) is 11.6 Å². The smallest absolute Gasteiger partial charge is 0.308 e. The molecule has 4 heterocycles. The standard InChI is InChI=1S/C32H49ClN4O5S/c1-18-11-23(29-28(34-18)25(14-43-29)31(39)40)22-12-20(33)5-8-27(22)42-10-9-37-19(2)35-26-7-6-21(13-24(26)30(37)38)36(4)15-32(3)16-41-17-32/h18,20-23,25,27-29,34H,5-17H2,1-4H3,(H,39,40)/t18?,20?,21-,22?,23?,25?,27?,28?,29?/m0/s1. The lowest BCUT2D eigenvalue weighted by molar-refractivity contribution is -0.142. The maximum atomic E-state index is 13.8. The zero-order chi connectivity index (χ0) is 30.5. The Morgan fingerprint density at radius 1 is 1.28 bits per heavy atom. The van der Waals surface area contributed by atoms with Crippen molar-refractivity contribution in [3.63, 3.8) is 0 Å². The molecule has 3 aliphatic heterocycles. The molecule has 0 spiro atoms. The minimum atomic E-state index is -0.702. The predicted octanol–water partition coefficient (Wildman–Crippen LogP) is 3.35. The molecule has 240 valence electrons. The van der Waals surface area contributed by atoms with Gasteiger partial charge in [0, 0.05) is 52.0 Å². The first-order valence-electron chi connectivity index (χ1n) is 16.3. The van der Waals surface area contributed by atoms with Crippen molar-refractivity contribution in [3.8, 4) is 0 Å². The van der Waals surface area contributed by atoms with Crippen LogP contribution in [0.1, 0.15) is 63.0 Å². The Hall–Kier alpha value is -1.17. The van der Waals surface area contributed by atoms with Gasteiger partial charge in [0.25, 0.3) is 5.56 Å². The van der Waals surface area contributed by atoms with Crippen molar-refractivity contribution in [1.29, 1.82) is 0 Å². The minimum absolute atomic E-state index is 0.0109. The van der Waals surface area contributed by atoms with Gasteiger partial charge >= 0.3 is 5.97 Å². The molecule has 2 aliphatic carbocycles. The van der Waals surface area contributed by atoms with E-state index < -0.39 is 5.97 Å². The molecule has 0 amide bonds. The van der Waals surface area contributed by atoms with Crippen molar-refractivity contribution in [3.05, 3.63) is 27.4 Å². The van der Waals surface area contributed by atoms with E-state index in [-0.39, 0.29) is 51.6 Å². The van der Waals surface area contributed by atoms with E-state index in [9.17, 15) is 14.7 Å². The third-order valence-corrected chi connectivity index (χ3v) is 12.9. The van der Waals surface area contributed by atoms with Gasteiger partial charge in [0.15, 0.2) is 0 Å². The molecule has 0 aromatic carbocycles. The number of fused-ring (bicyclic) bond motifs is 2. The number of carbonyl (C=O) groups is 1. The van der Waals surface area contributed by atoms with Gasteiger partial charge in [0.2, 0.25) is 0 Å². The number of aromatic nitrogens is 2. The number of hydrogen-bond acceptors (Lipinski definition) is 8. The molecule has 1 aromatic heterocycles. The number of aryl methyl sites for hydroxylation is 2. The van der Waals surface area contributed by atoms with Crippen LogP contribution in [0.4, 0.5) is 0 Å². The topological polar surface area (TPSA) is 106 Å². The SMILES string of the molecule is Cc1nc2c(c(=O)n1CCOC1CCC(Cl)CC1C1CC(C)NC3C(C(=O)O)CSC13)C[C@@H](N(C)CC1(C)COC1)CC2. The van der Waals surface area contributed by atoms with Crippen molar-refractivity contribution in [2.45, 2.75) is 107 Å². The largest absolute Gasteiger partial charge is 0.481 e. The number of carboxylic acid groups (broad SMARTS) is 1. The third-order valence-electron chi connectivity index (χ3n) is 10.9. The molecule has 43 heavy (non-hydrogen) atoms. The molecule has 6 rings (SSSR count). The Kier molecular flexibility index (Phi) is 9.55. The summed E-state index contributed by atoms with van der Waals surface area (Å²) >= 11 is 8.55. The number of thioether (sulfide) groups is 1. The summed E-state index contributed by atoms with van der Waals surface area (Å²) in [5.41, 5.74) is 2.12. The fourth-order valence-corrected chi connectivity index (χ4v) is 10.8. The van der Waals surface area contributed by atoms with Gasteiger partial charge in [0.05, 0.1) is 44.1 Å². The molecule has 0 bridgehead atoms. The van der Waals surface area contributed by atoms with E-state index >= 15 is 0 Å². The highest BCUT2D eigenvalue weighted by molar-refractivity contribution is 8.00. The van der Waals surface area contributed by atoms with Gasteiger partial charge in [-0.2, -0.15) is 11.8 Å². The lowest BCUT2D eigenvalue weighted by Crippen LogP contribution is -2.57. The Morgan fingerprint density at radius 3 is 2.79 bits per heavy atom. The molecule has 9 nitrogen and oxygen atoms in total. The average molecular weight is 637 g/mol. The average Bonchev–Trinajstić information content (AvgIpc) is 3.38. The number of aliphatic carboxylic acids is 1. The summed E-state index contributed by atoms with van der Waals surface area (Å²) in [4.78, 5) is 33.1. The minimum Gasteiger partial charge on any atom is -0.481 e. The number of nitrogens with zero attached hydrogens (tertiary/aromatic N) is 3. The fraction of sp³-hybridized carbons (Fsp3) is 0.844. The Labute approximate surface area is 264 Å². The third kappa shape index (κ3) is 6.57. The zero-order valence-electron chi connectivity index (χ0n) is 26.1. The normalized spacial score (nSPS) is 37.0. The van der Waals surface area contributed by atoms with Crippen molar-refractivity contribution in [2.24, 2.45) is 23.2 Å². The van der Waals surface area contributed by atoms with E-state index in [0.717, 1.165) is 81.8 Å². The molecule has 8 unspecified atom stereocenters. The highest BCUT2D eigenvalue weighted by atomic mass is 35.5. The predicted molar refractivity (Wildman–Crippen MR) is 169 cm³/mol. The highest BCUT2D eigenvalue weighted by Gasteiger charge is 2.51. The van der Waals surface area contributed by atoms with E-state index in [4.69, 9.17) is 26.1 Å². The second-order valence-electron chi connectivity index (χ2n) is 14.4. The molecule has 1 aromatic rings. The number of piperidine rings is 1. The lowest BCUT2D eigenvalue weighted by Gasteiger charge is -2.47. The number of halogens is 1. The summed E-state index contributed by atoms with van der Waals surface area (Å²) in [5.74, 6) is 1.01. The maximum Gasteiger partial charge on any atom is 0.308 e. The molecule has 0 radical (unpaired) electrons. The van der Waals surface area contributed by atoms with Gasteiger partial charge in [0.1, 0.15) is 5.82 Å². The van der Waals surface area contributed by atoms with Gasteiger partial charge in [-0.05, 0) is 77.7 Å². The molecule has 3 saturated heterocycles. The summed E-state index contributed by atoms with van der Waals surface area (Å²) in [6.07, 6.45) is 6.37. The Morgan fingerprint density at radius 2 is 2.07 bits per heavy atom. The van der Waals surface area contributed by atoms with E-state index in [0.29, 0.717) is 30.9 Å². The van der Waals surface area contributed by atoms with E-state index in [1.807, 2.05) is 23.3 Å². The molecule has 4 fully saturated rings. The highest BCUT2D eigenvalue weighted by Crippen LogP contribution is 2.48. The lowest BCUT2D eigenvalue weighted by atomic mass is 9.70. The van der Waals surface area contributed by atoms with Gasteiger partial charge < -0.3 is 24.8 Å². The number of alkyl halides is 1. The summed E-state index contributed by atoms with van der Waals surface area (Å²) in [6, 6.07) is 0.589. The summed E-state index contributed by atoms with van der Waals surface area (Å²) in [6.45, 7) is 9.91. The van der Waals surface area contributed by atoms with Crippen LogP contribution < -0.4 is 10.9 Å². The van der Waals surface area contributed by atoms with E-state index in [1.165, 1.54) is 0 Å². The summed E-state index contributed by atoms with van der Waals surface area (Å²) < 4.78 is 13.9. The van der Waals surface area contributed by atoms with E-state index in [2.05, 4.69) is 31.1 Å². The fourth-order valence-electron chi connectivity index (χ4n) is 8.63. The van der Waals surface area contributed by atoms with E-state index in [1.54, 1.807) is 0 Å². The molecule has 9 atom stereocenters. The Balaban J connectivity index is 1.12. The van der Waals surface area contributed by atoms with Crippen LogP contribution >= 0.6 is 23.4 Å². The first-order valence-corrected chi connectivity index (χ1v) is 17.7. The second-order valence-corrected chi connectivity index (χ2v) is 16.2. The van der Waals surface area contributed by atoms with Gasteiger partial charge in [-0.1, -0.05) is 6.92 Å². The zero-order valence-corrected chi connectivity index (χ0v) is 27.7. The molecular formula is C32H49ClN4O5S. The number of ether oxygens (including phenoxy) is 2. The Bertz CT molecular complexity index is 1240. The number of likely N-dealkylation sites (N-methyl/N-ethyl adjacent to an activating group) is 1.